The zero-order chi connectivity index (χ0) is 18.5. The van der Waals surface area contributed by atoms with E-state index in [2.05, 4.69) is 15.5 Å². The minimum Gasteiger partial charge on any atom is -0.495 e. The lowest BCUT2D eigenvalue weighted by Gasteiger charge is -2.30. The lowest BCUT2D eigenvalue weighted by molar-refractivity contribution is 0.123. The van der Waals surface area contributed by atoms with Crippen molar-refractivity contribution in [2.24, 2.45) is 0 Å². The van der Waals surface area contributed by atoms with Crippen LogP contribution in [0.25, 0.3) is 0 Å². The van der Waals surface area contributed by atoms with E-state index in [0.29, 0.717) is 29.7 Å². The number of halogens is 1. The van der Waals surface area contributed by atoms with Crippen molar-refractivity contribution >= 4 is 34.7 Å². The lowest BCUT2D eigenvalue weighted by Crippen LogP contribution is -2.37. The topological polar surface area (TPSA) is 62.8 Å². The quantitative estimate of drug-likeness (QED) is 0.843. The van der Waals surface area contributed by atoms with E-state index in [1.165, 1.54) is 7.11 Å². The molecule has 26 heavy (non-hydrogen) atoms. The van der Waals surface area contributed by atoms with Crippen LogP contribution < -0.4 is 20.3 Å². The molecule has 0 unspecified atom stereocenters. The van der Waals surface area contributed by atoms with E-state index < -0.39 is 0 Å². The van der Waals surface area contributed by atoms with Crippen molar-refractivity contribution in [2.75, 3.05) is 48.9 Å². The van der Waals surface area contributed by atoms with Gasteiger partial charge in [0.2, 0.25) is 0 Å². The Morgan fingerprint density at radius 3 is 2.58 bits per heavy atom. The van der Waals surface area contributed by atoms with Gasteiger partial charge in [0.05, 0.1) is 37.4 Å². The summed E-state index contributed by atoms with van der Waals surface area (Å²) in [4.78, 5) is 14.7. The van der Waals surface area contributed by atoms with Gasteiger partial charge in [-0.15, -0.1) is 0 Å². The molecule has 1 heterocycles. The third kappa shape index (κ3) is 4.20. The van der Waals surface area contributed by atoms with Gasteiger partial charge in [-0.2, -0.15) is 0 Å². The van der Waals surface area contributed by atoms with Gasteiger partial charge in [0.1, 0.15) is 5.75 Å². The van der Waals surface area contributed by atoms with Gasteiger partial charge >= 0.3 is 6.03 Å². The van der Waals surface area contributed by atoms with Gasteiger partial charge in [0.25, 0.3) is 0 Å². The molecule has 0 radical (unpaired) electrons. The summed E-state index contributed by atoms with van der Waals surface area (Å²) >= 11 is 6.11. The van der Waals surface area contributed by atoms with E-state index in [1.54, 1.807) is 12.1 Å². The first kappa shape index (κ1) is 18.4. The number of rotatable bonds is 4. The number of methoxy groups -OCH3 is 1. The van der Waals surface area contributed by atoms with Gasteiger partial charge in [-0.1, -0.05) is 23.7 Å². The Labute approximate surface area is 158 Å². The summed E-state index contributed by atoms with van der Waals surface area (Å²) in [6.07, 6.45) is 0. The van der Waals surface area contributed by atoms with Gasteiger partial charge in [-0.25, -0.2) is 4.79 Å². The van der Waals surface area contributed by atoms with Crippen molar-refractivity contribution in [1.29, 1.82) is 0 Å². The fourth-order valence-corrected chi connectivity index (χ4v) is 3.02. The van der Waals surface area contributed by atoms with Crippen molar-refractivity contribution in [3.8, 4) is 5.75 Å². The maximum absolute atomic E-state index is 12.5. The lowest BCUT2D eigenvalue weighted by atomic mass is 10.2. The highest BCUT2D eigenvalue weighted by Crippen LogP contribution is 2.31. The molecule has 0 atom stereocenters. The van der Waals surface area contributed by atoms with E-state index in [1.807, 2.05) is 31.2 Å². The molecule has 1 saturated heterocycles. The molecular weight excluding hydrogens is 354 g/mol. The molecule has 138 valence electrons. The number of ether oxygens (including phenoxy) is 2. The van der Waals surface area contributed by atoms with E-state index >= 15 is 0 Å². The van der Waals surface area contributed by atoms with Crippen LogP contribution in [-0.4, -0.2) is 39.4 Å². The molecule has 6 nitrogen and oxygen atoms in total. The summed E-state index contributed by atoms with van der Waals surface area (Å²) in [5.41, 5.74) is 3.15. The summed E-state index contributed by atoms with van der Waals surface area (Å²) in [7, 11) is 1.54. The van der Waals surface area contributed by atoms with Crippen LogP contribution in [0.2, 0.25) is 5.02 Å². The number of hydrogen-bond acceptors (Lipinski definition) is 4. The average molecular weight is 376 g/mol. The minimum atomic E-state index is -0.342. The highest BCUT2D eigenvalue weighted by molar-refractivity contribution is 6.31. The third-order valence-electron chi connectivity index (χ3n) is 4.23. The molecule has 0 bridgehead atoms. The van der Waals surface area contributed by atoms with E-state index in [9.17, 15) is 4.79 Å². The van der Waals surface area contributed by atoms with Gasteiger partial charge in [-0.3, -0.25) is 0 Å². The molecule has 2 aromatic carbocycles. The first-order valence-corrected chi connectivity index (χ1v) is 8.80. The second-order valence-electron chi connectivity index (χ2n) is 6.00. The molecular formula is C19H22ClN3O3. The van der Waals surface area contributed by atoms with Crippen LogP contribution in [0, 0.1) is 6.92 Å². The predicted octanol–water partition coefficient (Wildman–Crippen LogP) is 4.14. The molecule has 2 amide bonds. The van der Waals surface area contributed by atoms with Crippen LogP contribution in [0.3, 0.4) is 0 Å². The monoisotopic (exact) mass is 375 g/mol. The van der Waals surface area contributed by atoms with Crippen molar-refractivity contribution in [2.45, 2.75) is 6.92 Å². The number of para-hydroxylation sites is 2. The maximum atomic E-state index is 12.5. The summed E-state index contributed by atoms with van der Waals surface area (Å²) in [5.74, 6) is 0.511. The predicted molar refractivity (Wildman–Crippen MR) is 105 cm³/mol. The van der Waals surface area contributed by atoms with Crippen molar-refractivity contribution in [1.82, 2.24) is 0 Å². The highest BCUT2D eigenvalue weighted by atomic mass is 35.5. The molecule has 7 heteroatoms. The fourth-order valence-electron chi connectivity index (χ4n) is 2.87. The minimum absolute atomic E-state index is 0.342. The molecule has 0 spiro atoms. The van der Waals surface area contributed by atoms with Crippen molar-refractivity contribution in [3.63, 3.8) is 0 Å². The number of morpholine rings is 1. The smallest absolute Gasteiger partial charge is 0.323 e. The van der Waals surface area contributed by atoms with E-state index in [0.717, 1.165) is 30.0 Å². The van der Waals surface area contributed by atoms with Crippen LogP contribution in [0.15, 0.2) is 36.4 Å². The van der Waals surface area contributed by atoms with Gasteiger partial charge < -0.3 is 25.0 Å². The van der Waals surface area contributed by atoms with Gasteiger partial charge in [-0.05, 0) is 30.7 Å². The third-order valence-corrected chi connectivity index (χ3v) is 4.64. The summed E-state index contributed by atoms with van der Waals surface area (Å²) in [5, 5.41) is 6.34. The number of nitrogens with one attached hydrogen (secondary N) is 2. The van der Waals surface area contributed by atoms with E-state index in [4.69, 9.17) is 21.1 Å². The zero-order valence-electron chi connectivity index (χ0n) is 14.8. The number of hydrogen-bond donors (Lipinski definition) is 2. The molecule has 2 aromatic rings. The number of nitrogens with zero attached hydrogens (tertiary/aromatic N) is 1. The molecule has 3 rings (SSSR count). The number of benzene rings is 2. The van der Waals surface area contributed by atoms with E-state index in [-0.39, 0.29) is 6.03 Å². The molecule has 1 aliphatic rings. The molecule has 0 aromatic heterocycles. The highest BCUT2D eigenvalue weighted by Gasteiger charge is 2.16. The summed E-state index contributed by atoms with van der Waals surface area (Å²) in [6, 6.07) is 10.9. The second kappa shape index (κ2) is 8.29. The van der Waals surface area contributed by atoms with Crippen LogP contribution in [0.4, 0.5) is 21.9 Å². The first-order chi connectivity index (χ1) is 12.6. The zero-order valence-corrected chi connectivity index (χ0v) is 15.6. The Morgan fingerprint density at radius 2 is 1.85 bits per heavy atom. The number of urea groups is 1. The van der Waals surface area contributed by atoms with Gasteiger partial charge in [0, 0.05) is 24.2 Å². The summed E-state index contributed by atoms with van der Waals surface area (Å²) < 4.78 is 10.7. The average Bonchev–Trinajstić information content (AvgIpc) is 2.65. The van der Waals surface area contributed by atoms with Crippen LogP contribution in [-0.2, 0) is 4.74 Å². The Morgan fingerprint density at radius 1 is 1.15 bits per heavy atom. The number of carbonyl (C=O) groups excluding carboxylic acids is 1. The standard InChI is InChI=1S/C19H22ClN3O3/c1-13-11-16(18(25-2)12-14(13)20)22-19(24)21-15-5-3-4-6-17(15)23-7-9-26-10-8-23/h3-6,11-12H,7-10H2,1-2H3,(H2,21,22,24). The Hall–Kier alpha value is -2.44. The van der Waals surface area contributed by atoms with Crippen LogP contribution in [0.5, 0.6) is 5.75 Å². The first-order valence-electron chi connectivity index (χ1n) is 8.42. The number of aryl methyl sites for hydroxylation is 1. The molecule has 2 N–H and O–H groups in total. The Bertz CT molecular complexity index is 792. The number of anilines is 3. The van der Waals surface area contributed by atoms with Crippen LogP contribution in [0.1, 0.15) is 5.56 Å². The molecule has 0 aliphatic carbocycles. The molecule has 1 fully saturated rings. The SMILES string of the molecule is COc1cc(Cl)c(C)cc1NC(=O)Nc1ccccc1N1CCOCC1. The fraction of sp³-hybridized carbons (Fsp3) is 0.316. The normalized spacial score (nSPS) is 14.0. The Kier molecular flexibility index (Phi) is 5.85. The van der Waals surface area contributed by atoms with Crippen molar-refractivity contribution in [3.05, 3.63) is 47.0 Å². The maximum Gasteiger partial charge on any atom is 0.323 e. The summed E-state index contributed by atoms with van der Waals surface area (Å²) in [6.45, 7) is 4.83. The van der Waals surface area contributed by atoms with Crippen LogP contribution >= 0.6 is 11.6 Å². The molecule has 1 aliphatic heterocycles. The second-order valence-corrected chi connectivity index (χ2v) is 6.40. The number of carbonyl (C=O) groups is 1. The number of amides is 2. The molecule has 0 saturated carbocycles. The Balaban J connectivity index is 1.76. The van der Waals surface area contributed by atoms with Crippen molar-refractivity contribution < 1.29 is 14.3 Å². The largest absolute Gasteiger partial charge is 0.495 e. The van der Waals surface area contributed by atoms with Gasteiger partial charge in [0.15, 0.2) is 0 Å².